The predicted molar refractivity (Wildman–Crippen MR) is 131 cm³/mol. The molecule has 0 aliphatic rings. The Hall–Kier alpha value is -3.41. The lowest BCUT2D eigenvalue weighted by molar-refractivity contribution is -0.136. The number of nitrogens with one attached hydrogen (secondary N) is 1. The minimum Gasteiger partial charge on any atom is -0.497 e. The number of amides is 1. The van der Waals surface area contributed by atoms with Gasteiger partial charge in [-0.05, 0) is 48.5 Å². The number of carbonyl (C=O) groups is 2. The van der Waals surface area contributed by atoms with Crippen LogP contribution in [0.2, 0.25) is 0 Å². The fourth-order valence-corrected chi connectivity index (χ4v) is 5.12. The molecular weight excluding hydrogens is 492 g/mol. The number of nitrogens with zero attached hydrogens (tertiary/aromatic N) is 3. The molecule has 0 radical (unpaired) electrons. The van der Waals surface area contributed by atoms with Crippen LogP contribution in [-0.2, 0) is 11.2 Å². The van der Waals surface area contributed by atoms with Gasteiger partial charge in [0.25, 0.3) is 5.91 Å². The van der Waals surface area contributed by atoms with E-state index in [-0.39, 0.29) is 12.1 Å². The van der Waals surface area contributed by atoms with Crippen LogP contribution in [0.1, 0.15) is 16.2 Å². The fraction of sp³-hybridized carbons (Fsp3) is 0.0870. The highest BCUT2D eigenvalue weighted by atomic mass is 32.2. The highest BCUT2D eigenvalue weighted by molar-refractivity contribution is 7.99. The third-order valence-electron chi connectivity index (χ3n) is 4.29. The molecule has 0 spiro atoms. The van der Waals surface area contributed by atoms with Gasteiger partial charge >= 0.3 is 5.97 Å². The lowest BCUT2D eigenvalue weighted by Gasteiger charge is -2.10. The minimum absolute atomic E-state index is 0.209. The molecule has 1 amide bonds. The van der Waals surface area contributed by atoms with Gasteiger partial charge in [0, 0.05) is 21.4 Å². The molecule has 8 nitrogen and oxygen atoms in total. The molecule has 3 aromatic heterocycles. The molecule has 3 heterocycles. The highest BCUT2D eigenvalue weighted by Crippen LogP contribution is 2.34. The lowest BCUT2D eigenvalue weighted by Crippen LogP contribution is -2.15. The molecule has 0 bridgehead atoms. The number of carbonyl (C=O) groups excluding carboxylic acids is 1. The molecule has 172 valence electrons. The van der Waals surface area contributed by atoms with Crippen molar-refractivity contribution in [3.8, 4) is 5.75 Å². The van der Waals surface area contributed by atoms with Crippen LogP contribution in [0.4, 0.5) is 5.13 Å². The van der Waals surface area contributed by atoms with Crippen LogP contribution in [0.3, 0.4) is 0 Å². The van der Waals surface area contributed by atoms with Crippen molar-refractivity contribution in [3.63, 3.8) is 0 Å². The van der Waals surface area contributed by atoms with E-state index in [1.165, 1.54) is 34.9 Å². The maximum absolute atomic E-state index is 13.2. The first-order valence-electron chi connectivity index (χ1n) is 9.89. The van der Waals surface area contributed by atoms with E-state index in [0.717, 1.165) is 15.7 Å². The van der Waals surface area contributed by atoms with Crippen LogP contribution in [-0.4, -0.2) is 39.0 Å². The van der Waals surface area contributed by atoms with E-state index < -0.39 is 11.9 Å². The van der Waals surface area contributed by atoms with Gasteiger partial charge in [-0.15, -0.1) is 11.3 Å². The Morgan fingerprint density at radius 3 is 2.56 bits per heavy atom. The van der Waals surface area contributed by atoms with E-state index in [1.807, 2.05) is 54.6 Å². The first kappa shape index (κ1) is 23.7. The summed E-state index contributed by atoms with van der Waals surface area (Å²) in [4.78, 5) is 38.8. The number of hydrogen-bond donors (Lipinski definition) is 2. The monoisotopic (exact) mass is 510 g/mol. The van der Waals surface area contributed by atoms with Crippen LogP contribution in [0.25, 0.3) is 0 Å². The molecule has 2 N–H and O–H groups in total. The van der Waals surface area contributed by atoms with Crippen LogP contribution in [0.5, 0.6) is 5.75 Å². The number of carboxylic acids is 1. The van der Waals surface area contributed by atoms with Crippen molar-refractivity contribution >= 4 is 51.9 Å². The Kier molecular flexibility index (Phi) is 7.78. The molecule has 4 rings (SSSR count). The van der Waals surface area contributed by atoms with Crippen LogP contribution < -0.4 is 10.1 Å². The van der Waals surface area contributed by atoms with Crippen molar-refractivity contribution in [2.24, 2.45) is 0 Å². The molecular formula is C23H18N4O4S3. The van der Waals surface area contributed by atoms with Gasteiger partial charge in [0.2, 0.25) is 0 Å². The maximum atomic E-state index is 13.2. The average Bonchev–Trinajstić information content (AvgIpc) is 3.27. The number of aliphatic carboxylic acids is 1. The quantitative estimate of drug-likeness (QED) is 0.316. The molecule has 1 aromatic carbocycles. The highest BCUT2D eigenvalue weighted by Gasteiger charge is 2.18. The van der Waals surface area contributed by atoms with E-state index >= 15 is 0 Å². The van der Waals surface area contributed by atoms with Gasteiger partial charge in [-0.3, -0.25) is 14.9 Å². The second-order valence-electron chi connectivity index (χ2n) is 6.71. The summed E-state index contributed by atoms with van der Waals surface area (Å²) in [5, 5.41) is 15.0. The second kappa shape index (κ2) is 11.1. The Bertz CT molecular complexity index is 1300. The molecule has 0 fully saturated rings. The summed E-state index contributed by atoms with van der Waals surface area (Å²) < 4.78 is 5.21. The van der Waals surface area contributed by atoms with E-state index in [1.54, 1.807) is 18.7 Å². The fourth-order valence-electron chi connectivity index (χ4n) is 2.77. The molecule has 34 heavy (non-hydrogen) atoms. The van der Waals surface area contributed by atoms with Gasteiger partial charge in [0.05, 0.1) is 19.2 Å². The predicted octanol–water partition coefficient (Wildman–Crippen LogP) is 5.12. The number of methoxy groups -OCH3 is 1. The summed E-state index contributed by atoms with van der Waals surface area (Å²) >= 11 is 3.92. The van der Waals surface area contributed by atoms with Gasteiger partial charge in [-0.1, -0.05) is 29.6 Å². The van der Waals surface area contributed by atoms with Gasteiger partial charge in [0.15, 0.2) is 5.13 Å². The van der Waals surface area contributed by atoms with Crippen molar-refractivity contribution in [2.45, 2.75) is 26.3 Å². The zero-order valence-electron chi connectivity index (χ0n) is 17.8. The molecule has 11 heteroatoms. The van der Waals surface area contributed by atoms with Gasteiger partial charge in [-0.25, -0.2) is 15.0 Å². The number of carboxylic acid groups (broad SMARTS) is 1. The molecule has 0 aliphatic heterocycles. The number of rotatable bonds is 9. The first-order valence-corrected chi connectivity index (χ1v) is 12.4. The molecule has 0 aliphatic carbocycles. The number of benzene rings is 1. The summed E-state index contributed by atoms with van der Waals surface area (Å²) in [5.41, 5.74) is 0.616. The van der Waals surface area contributed by atoms with Crippen molar-refractivity contribution in [3.05, 3.63) is 77.6 Å². The van der Waals surface area contributed by atoms with Crippen molar-refractivity contribution in [1.29, 1.82) is 0 Å². The number of ether oxygens (including phenoxy) is 1. The van der Waals surface area contributed by atoms with Crippen molar-refractivity contribution in [1.82, 2.24) is 15.0 Å². The Balaban J connectivity index is 1.61. The topological polar surface area (TPSA) is 114 Å². The summed E-state index contributed by atoms with van der Waals surface area (Å²) in [7, 11) is 1.60. The summed E-state index contributed by atoms with van der Waals surface area (Å²) in [6.45, 7) is 0. The number of hydrogen-bond acceptors (Lipinski definition) is 9. The van der Waals surface area contributed by atoms with Crippen molar-refractivity contribution in [2.75, 3.05) is 12.4 Å². The molecule has 0 saturated heterocycles. The number of pyridine rings is 2. The SMILES string of the molecule is COc1ccc(Sc2ccc(Sc3ccccn3)nc2C(=O)Nc2nc(CC(=O)O)cs2)cc1. The average molecular weight is 511 g/mol. The molecule has 4 aromatic rings. The molecule has 0 atom stereocenters. The minimum atomic E-state index is -0.984. The van der Waals surface area contributed by atoms with E-state index in [4.69, 9.17) is 9.84 Å². The molecule has 0 unspecified atom stereocenters. The first-order chi connectivity index (χ1) is 16.5. The summed E-state index contributed by atoms with van der Waals surface area (Å²) in [6.07, 6.45) is 1.49. The van der Waals surface area contributed by atoms with Gasteiger partial charge in [0.1, 0.15) is 21.5 Å². The van der Waals surface area contributed by atoms with Gasteiger partial charge in [-0.2, -0.15) is 0 Å². The largest absolute Gasteiger partial charge is 0.497 e. The third kappa shape index (κ3) is 6.34. The van der Waals surface area contributed by atoms with Crippen molar-refractivity contribution < 1.29 is 19.4 Å². The van der Waals surface area contributed by atoms with E-state index in [9.17, 15) is 9.59 Å². The molecule has 0 saturated carbocycles. The summed E-state index contributed by atoms with van der Waals surface area (Å²) in [5.74, 6) is -0.679. The number of aromatic nitrogens is 3. The smallest absolute Gasteiger partial charge is 0.309 e. The Morgan fingerprint density at radius 2 is 1.85 bits per heavy atom. The number of thiazole rings is 1. The second-order valence-corrected chi connectivity index (χ2v) is 9.73. The normalized spacial score (nSPS) is 10.6. The zero-order valence-corrected chi connectivity index (χ0v) is 20.2. The maximum Gasteiger partial charge on any atom is 0.309 e. The van der Waals surface area contributed by atoms with E-state index in [2.05, 4.69) is 20.3 Å². The Labute approximate surface area is 207 Å². The van der Waals surface area contributed by atoms with Crippen LogP contribution >= 0.6 is 34.9 Å². The summed E-state index contributed by atoms with van der Waals surface area (Å²) in [6, 6.07) is 16.8. The third-order valence-corrected chi connectivity index (χ3v) is 7.04. The van der Waals surface area contributed by atoms with E-state index in [0.29, 0.717) is 20.7 Å². The van der Waals surface area contributed by atoms with Crippen LogP contribution in [0, 0.1) is 0 Å². The lowest BCUT2D eigenvalue weighted by atomic mass is 10.3. The Morgan fingerprint density at radius 1 is 1.03 bits per heavy atom. The zero-order chi connectivity index (χ0) is 23.9. The van der Waals surface area contributed by atoms with Gasteiger partial charge < -0.3 is 9.84 Å². The standard InChI is InChI=1S/C23H18N4O4S3/c1-31-15-5-7-16(8-6-15)33-17-9-10-19(34-18-4-2-3-11-24-18)26-21(17)22(30)27-23-25-14(13-32-23)12-20(28)29/h2-11,13H,12H2,1H3,(H,28,29)(H,25,27,30). The van der Waals surface area contributed by atoms with Crippen LogP contribution in [0.15, 0.2) is 86.0 Å². The number of anilines is 1.